The summed E-state index contributed by atoms with van der Waals surface area (Å²) < 4.78 is 0. The third kappa shape index (κ3) is 5.73. The molecule has 4 aromatic rings. The molecule has 0 fully saturated rings. The maximum Gasteiger partial charge on any atom is 0.250 e. The Kier molecular flexibility index (Phi) is 6.31. The van der Waals surface area contributed by atoms with Crippen molar-refractivity contribution >= 4 is 35.4 Å². The van der Waals surface area contributed by atoms with Gasteiger partial charge in [0.1, 0.15) is 0 Å². The van der Waals surface area contributed by atoms with Crippen LogP contribution in [0.4, 0.5) is 29.2 Å². The van der Waals surface area contributed by atoms with Crippen LogP contribution in [-0.4, -0.2) is 31.4 Å². The lowest BCUT2D eigenvalue weighted by atomic mass is 10.1. The Morgan fingerprint density at radius 1 is 0.758 bits per heavy atom. The van der Waals surface area contributed by atoms with E-state index in [0.29, 0.717) is 17.5 Å². The smallest absolute Gasteiger partial charge is 0.250 e. The fraction of sp³-hybridized carbons (Fsp3) is 0.0833. The number of hydrogen-bond acceptors (Lipinski definition) is 9. The Bertz CT molecular complexity index is 1290. The Morgan fingerprint density at radius 3 is 2.21 bits per heavy atom. The second-order valence-electron chi connectivity index (χ2n) is 7.36. The molecule has 1 heterocycles. The molecule has 0 spiro atoms. The molecule has 5 N–H and O–H groups in total. The first-order valence-electron chi connectivity index (χ1n) is 10.2. The van der Waals surface area contributed by atoms with E-state index in [9.17, 15) is 10.2 Å². The highest BCUT2D eigenvalue weighted by atomic mass is 16.3. The number of phenolic OH excluding ortho intramolecular Hbond substituents is 2. The zero-order valence-electron chi connectivity index (χ0n) is 18.1. The molecule has 0 saturated heterocycles. The van der Waals surface area contributed by atoms with Gasteiger partial charge in [0.05, 0.1) is 6.21 Å². The number of anilines is 5. The minimum absolute atomic E-state index is 0.198. The number of rotatable bonds is 7. The van der Waals surface area contributed by atoms with E-state index in [1.165, 1.54) is 18.3 Å². The number of benzene rings is 3. The first kappa shape index (κ1) is 21.6. The fourth-order valence-corrected chi connectivity index (χ4v) is 3.05. The van der Waals surface area contributed by atoms with Crippen molar-refractivity contribution in [2.45, 2.75) is 13.8 Å². The van der Waals surface area contributed by atoms with E-state index >= 15 is 0 Å². The number of aryl methyl sites for hydroxylation is 2. The molecule has 0 radical (unpaired) electrons. The van der Waals surface area contributed by atoms with Crippen molar-refractivity contribution in [3.8, 4) is 11.5 Å². The zero-order chi connectivity index (χ0) is 23.2. The Hall–Kier alpha value is -4.66. The van der Waals surface area contributed by atoms with Crippen molar-refractivity contribution in [1.29, 1.82) is 0 Å². The summed E-state index contributed by atoms with van der Waals surface area (Å²) in [6.07, 6.45) is 1.48. The minimum atomic E-state index is -0.228. The predicted molar refractivity (Wildman–Crippen MR) is 130 cm³/mol. The molecule has 0 aliphatic heterocycles. The molecule has 9 nitrogen and oxygen atoms in total. The largest absolute Gasteiger partial charge is 0.504 e. The van der Waals surface area contributed by atoms with Gasteiger partial charge in [-0.3, -0.25) is 0 Å². The van der Waals surface area contributed by atoms with Crippen molar-refractivity contribution in [2.24, 2.45) is 5.10 Å². The molecule has 0 bridgehead atoms. The van der Waals surface area contributed by atoms with Crippen LogP contribution in [0.2, 0.25) is 0 Å². The molecule has 0 unspecified atom stereocenters. The number of aromatic hydroxyl groups is 2. The van der Waals surface area contributed by atoms with Gasteiger partial charge in [0.15, 0.2) is 11.5 Å². The molecule has 4 rings (SSSR count). The number of hydrogen-bond donors (Lipinski definition) is 5. The van der Waals surface area contributed by atoms with E-state index in [0.717, 1.165) is 22.5 Å². The molecule has 3 aromatic carbocycles. The summed E-state index contributed by atoms with van der Waals surface area (Å²) in [5, 5.41) is 29.6. The van der Waals surface area contributed by atoms with Crippen LogP contribution in [0, 0.1) is 13.8 Å². The topological polar surface area (TPSA) is 128 Å². The summed E-state index contributed by atoms with van der Waals surface area (Å²) >= 11 is 0. The minimum Gasteiger partial charge on any atom is -0.504 e. The molecule has 33 heavy (non-hydrogen) atoms. The molecular weight excluding hydrogens is 418 g/mol. The summed E-state index contributed by atoms with van der Waals surface area (Å²) in [7, 11) is 0. The van der Waals surface area contributed by atoms with Crippen LogP contribution in [0.1, 0.15) is 16.7 Å². The second kappa shape index (κ2) is 9.65. The highest BCUT2D eigenvalue weighted by Gasteiger charge is 2.09. The quantitative estimate of drug-likeness (QED) is 0.157. The van der Waals surface area contributed by atoms with E-state index in [4.69, 9.17) is 0 Å². The van der Waals surface area contributed by atoms with Crippen molar-refractivity contribution in [2.75, 3.05) is 16.1 Å². The van der Waals surface area contributed by atoms with Crippen LogP contribution in [0.5, 0.6) is 11.5 Å². The van der Waals surface area contributed by atoms with Gasteiger partial charge in [0.25, 0.3) is 0 Å². The van der Waals surface area contributed by atoms with Gasteiger partial charge in [-0.25, -0.2) is 5.43 Å². The van der Waals surface area contributed by atoms with Gasteiger partial charge in [0, 0.05) is 11.4 Å². The third-order valence-corrected chi connectivity index (χ3v) is 4.67. The Morgan fingerprint density at radius 2 is 1.48 bits per heavy atom. The van der Waals surface area contributed by atoms with Crippen LogP contribution in [-0.2, 0) is 0 Å². The van der Waals surface area contributed by atoms with Gasteiger partial charge >= 0.3 is 0 Å². The predicted octanol–water partition coefficient (Wildman–Crippen LogP) is 4.83. The van der Waals surface area contributed by atoms with Gasteiger partial charge in [-0.1, -0.05) is 35.9 Å². The van der Waals surface area contributed by atoms with E-state index in [1.807, 2.05) is 56.3 Å². The number of hydrazone groups is 1. The van der Waals surface area contributed by atoms with Gasteiger partial charge in [-0.15, -0.1) is 0 Å². The normalized spacial score (nSPS) is 10.8. The molecular formula is C24H23N7O2. The van der Waals surface area contributed by atoms with Crippen molar-refractivity contribution in [3.05, 3.63) is 83.4 Å². The lowest BCUT2D eigenvalue weighted by Gasteiger charge is -2.12. The average molecular weight is 441 g/mol. The van der Waals surface area contributed by atoms with E-state index < -0.39 is 0 Å². The lowest BCUT2D eigenvalue weighted by Crippen LogP contribution is -2.07. The molecule has 0 saturated carbocycles. The van der Waals surface area contributed by atoms with Gasteiger partial charge in [0.2, 0.25) is 17.8 Å². The van der Waals surface area contributed by atoms with Crippen molar-refractivity contribution < 1.29 is 10.2 Å². The zero-order valence-corrected chi connectivity index (χ0v) is 18.1. The van der Waals surface area contributed by atoms with Crippen LogP contribution in [0.3, 0.4) is 0 Å². The lowest BCUT2D eigenvalue weighted by molar-refractivity contribution is 0.403. The van der Waals surface area contributed by atoms with Crippen LogP contribution in [0.25, 0.3) is 0 Å². The molecule has 0 aliphatic rings. The average Bonchev–Trinajstić information content (AvgIpc) is 2.79. The number of nitrogens with zero attached hydrogens (tertiary/aromatic N) is 4. The highest BCUT2D eigenvalue weighted by Crippen LogP contribution is 2.24. The van der Waals surface area contributed by atoms with Crippen LogP contribution < -0.4 is 16.1 Å². The van der Waals surface area contributed by atoms with E-state index in [-0.39, 0.29) is 17.4 Å². The fourth-order valence-electron chi connectivity index (χ4n) is 3.05. The van der Waals surface area contributed by atoms with E-state index in [1.54, 1.807) is 6.07 Å². The Balaban J connectivity index is 1.60. The van der Waals surface area contributed by atoms with Crippen LogP contribution >= 0.6 is 0 Å². The monoisotopic (exact) mass is 441 g/mol. The first-order chi connectivity index (χ1) is 16.0. The maximum absolute atomic E-state index is 9.63. The SMILES string of the molecule is Cc1ccc(Nc2nc(N/N=C\c3ccc(O)c(O)c3)nc(Nc3ccccc3)n2)c(C)c1. The molecule has 0 aliphatic carbocycles. The third-order valence-electron chi connectivity index (χ3n) is 4.67. The summed E-state index contributed by atoms with van der Waals surface area (Å²) in [4.78, 5) is 13.3. The van der Waals surface area contributed by atoms with Crippen molar-refractivity contribution in [3.63, 3.8) is 0 Å². The van der Waals surface area contributed by atoms with Gasteiger partial charge in [-0.05, 0) is 61.4 Å². The number of nitrogens with one attached hydrogen (secondary N) is 3. The summed E-state index contributed by atoms with van der Waals surface area (Å²) in [5.41, 5.74) is 7.31. The van der Waals surface area contributed by atoms with Gasteiger partial charge < -0.3 is 20.8 Å². The molecule has 1 aromatic heterocycles. The maximum atomic E-state index is 9.63. The molecule has 166 valence electrons. The van der Waals surface area contributed by atoms with Crippen LogP contribution in [0.15, 0.2) is 71.8 Å². The van der Waals surface area contributed by atoms with Crippen molar-refractivity contribution in [1.82, 2.24) is 15.0 Å². The number of para-hydroxylation sites is 1. The molecule has 9 heteroatoms. The summed E-state index contributed by atoms with van der Waals surface area (Å²) in [6.45, 7) is 4.05. The highest BCUT2D eigenvalue weighted by molar-refractivity contribution is 5.81. The summed E-state index contributed by atoms with van der Waals surface area (Å²) in [6, 6.07) is 20.0. The van der Waals surface area contributed by atoms with E-state index in [2.05, 4.69) is 42.2 Å². The molecule has 0 amide bonds. The summed E-state index contributed by atoms with van der Waals surface area (Å²) in [5.74, 6) is 0.471. The standard InChI is InChI=1S/C24H23N7O2/c1-15-8-10-19(16(2)12-15)27-23-28-22(26-18-6-4-3-5-7-18)29-24(30-23)31-25-14-17-9-11-20(32)21(33)13-17/h3-14,32-33H,1-2H3,(H3,26,27,28,29,30,31)/b25-14-. The second-order valence-corrected chi connectivity index (χ2v) is 7.36. The number of phenols is 2. The Labute approximate surface area is 190 Å². The number of aromatic nitrogens is 3. The first-order valence-corrected chi connectivity index (χ1v) is 10.2. The molecule has 0 atom stereocenters. The van der Waals surface area contributed by atoms with Gasteiger partial charge in [-0.2, -0.15) is 20.1 Å².